The Labute approximate surface area is 300 Å². The molecule has 8 rings (SSSR count). The summed E-state index contributed by atoms with van der Waals surface area (Å²) in [4.78, 5) is 15.8. The number of hydrogen-bond donors (Lipinski definition) is 0. The highest BCUT2D eigenvalue weighted by Crippen LogP contribution is 2.43. The van der Waals surface area contributed by atoms with Crippen LogP contribution in [0.3, 0.4) is 0 Å². The first-order chi connectivity index (χ1) is 24.4. The van der Waals surface area contributed by atoms with Gasteiger partial charge in [-0.15, -0.1) is 0 Å². The maximum atomic E-state index is 13.9. The average molecular weight is 709 g/mol. The van der Waals surface area contributed by atoms with E-state index in [1.807, 2.05) is 52.1 Å². The van der Waals surface area contributed by atoms with Gasteiger partial charge in [-0.3, -0.25) is 0 Å². The Morgan fingerprint density at radius 1 is 0.941 bits per heavy atom. The standard InChI is InChI=1S/C39H48N8O3S/c1-8-46-34(21-31(43-46)27-12-13-27)44-19-17-30-29(22-44)38(45-20-18-33(50-7)39(5,6)23-45)41-37(40-30)35-25(3)11-16-32-36(35)26(4)42-47(32)51(48,49)28-14-9-24(2)10-15-28/h9-11,14-16,21,27,33H,8,12-13,17-20,22-23H2,1-7H3/t33-/m1/s1. The lowest BCUT2D eigenvalue weighted by molar-refractivity contribution is -0.00647. The Balaban J connectivity index is 1.27. The lowest BCUT2D eigenvalue weighted by Gasteiger charge is -2.45. The van der Waals surface area contributed by atoms with Crippen molar-refractivity contribution < 1.29 is 13.2 Å². The van der Waals surface area contributed by atoms with E-state index in [1.165, 1.54) is 22.6 Å². The number of benzene rings is 2. The number of rotatable bonds is 8. The smallest absolute Gasteiger partial charge is 0.283 e. The summed E-state index contributed by atoms with van der Waals surface area (Å²) < 4.78 is 37.1. The van der Waals surface area contributed by atoms with Gasteiger partial charge in [0.15, 0.2) is 5.82 Å². The number of aromatic nitrogens is 6. The SMILES string of the molecule is CCn1nc(C2CC2)cc1N1CCc2nc(-c3c(C)ccc4c3c(C)nn4S(=O)(=O)c3ccc(C)cc3)nc(N3CC[C@@H](OC)C(C)(C)C3)c2C1. The Bertz CT molecular complexity index is 2250. The minimum Gasteiger partial charge on any atom is -0.381 e. The normalized spacial score (nSPS) is 19.2. The minimum absolute atomic E-state index is 0.0860. The second-order valence-corrected chi connectivity index (χ2v) is 17.1. The van der Waals surface area contributed by atoms with Gasteiger partial charge in [-0.1, -0.05) is 37.6 Å². The number of piperidine rings is 1. The molecular formula is C39H48N8O3S. The van der Waals surface area contributed by atoms with Crippen LogP contribution in [-0.2, 0) is 34.3 Å². The number of anilines is 2. The molecule has 0 amide bonds. The van der Waals surface area contributed by atoms with Gasteiger partial charge in [0.1, 0.15) is 11.6 Å². The molecular weight excluding hydrogens is 661 g/mol. The number of fused-ring (bicyclic) bond motifs is 2. The monoisotopic (exact) mass is 708 g/mol. The predicted molar refractivity (Wildman–Crippen MR) is 200 cm³/mol. The molecule has 1 saturated heterocycles. The summed E-state index contributed by atoms with van der Waals surface area (Å²) in [6.45, 7) is 16.5. The van der Waals surface area contributed by atoms with E-state index in [4.69, 9.17) is 19.8 Å². The highest BCUT2D eigenvalue weighted by molar-refractivity contribution is 7.90. The number of nitrogens with zero attached hydrogens (tertiary/aromatic N) is 8. The van der Waals surface area contributed by atoms with Crippen LogP contribution in [0.15, 0.2) is 47.4 Å². The van der Waals surface area contributed by atoms with Gasteiger partial charge in [0.2, 0.25) is 0 Å². The number of methoxy groups -OCH3 is 1. The van der Waals surface area contributed by atoms with E-state index in [0.717, 1.165) is 84.0 Å². The predicted octanol–water partition coefficient (Wildman–Crippen LogP) is 6.56. The van der Waals surface area contributed by atoms with Crippen molar-refractivity contribution in [2.45, 2.75) is 97.2 Å². The Morgan fingerprint density at radius 3 is 2.39 bits per heavy atom. The molecule has 5 aromatic rings. The highest BCUT2D eigenvalue weighted by atomic mass is 32.2. The third-order valence-corrected chi connectivity index (χ3v) is 12.7. The third-order valence-electron chi connectivity index (χ3n) is 11.1. The Kier molecular flexibility index (Phi) is 8.25. The quantitative estimate of drug-likeness (QED) is 0.177. The van der Waals surface area contributed by atoms with Gasteiger partial charge in [-0.25, -0.2) is 14.6 Å². The fourth-order valence-corrected chi connectivity index (χ4v) is 9.48. The molecule has 268 valence electrons. The Hall–Kier alpha value is -4.29. The fraction of sp³-hybridized carbons (Fsp3) is 0.487. The molecule has 3 aliphatic rings. The number of hydrogen-bond acceptors (Lipinski definition) is 9. The molecule has 11 nitrogen and oxygen atoms in total. The van der Waals surface area contributed by atoms with Crippen LogP contribution < -0.4 is 9.80 Å². The summed E-state index contributed by atoms with van der Waals surface area (Å²) in [5.74, 6) is 3.31. The van der Waals surface area contributed by atoms with Crippen molar-refractivity contribution in [2.75, 3.05) is 36.5 Å². The highest BCUT2D eigenvalue weighted by Gasteiger charge is 2.39. The fourth-order valence-electron chi connectivity index (χ4n) is 8.16. The third kappa shape index (κ3) is 5.80. The molecule has 0 radical (unpaired) electrons. The summed E-state index contributed by atoms with van der Waals surface area (Å²) in [5, 5.41) is 10.4. The molecule has 0 spiro atoms. The van der Waals surface area contributed by atoms with E-state index >= 15 is 0 Å². The van der Waals surface area contributed by atoms with Crippen molar-refractivity contribution in [1.29, 1.82) is 0 Å². The maximum absolute atomic E-state index is 13.9. The van der Waals surface area contributed by atoms with Crippen molar-refractivity contribution in [3.8, 4) is 11.4 Å². The van der Waals surface area contributed by atoms with Crippen molar-refractivity contribution in [1.82, 2.24) is 28.9 Å². The molecule has 0 bridgehead atoms. The van der Waals surface area contributed by atoms with E-state index in [9.17, 15) is 8.42 Å². The second-order valence-electron chi connectivity index (χ2n) is 15.3. The summed E-state index contributed by atoms with van der Waals surface area (Å²) in [6, 6.07) is 13.0. The minimum atomic E-state index is -3.94. The first-order valence-corrected chi connectivity index (χ1v) is 19.7. The Morgan fingerprint density at radius 2 is 1.71 bits per heavy atom. The molecule has 2 fully saturated rings. The number of ether oxygens (including phenoxy) is 1. The van der Waals surface area contributed by atoms with Crippen molar-refractivity contribution in [3.63, 3.8) is 0 Å². The van der Waals surface area contributed by atoms with Gasteiger partial charge in [-0.05, 0) is 70.7 Å². The molecule has 3 aromatic heterocycles. The van der Waals surface area contributed by atoms with Gasteiger partial charge in [-0.2, -0.15) is 22.7 Å². The van der Waals surface area contributed by atoms with E-state index < -0.39 is 10.0 Å². The molecule has 0 N–H and O–H groups in total. The summed E-state index contributed by atoms with van der Waals surface area (Å²) in [7, 11) is -2.13. The van der Waals surface area contributed by atoms with Crippen molar-refractivity contribution >= 4 is 32.6 Å². The molecule has 51 heavy (non-hydrogen) atoms. The van der Waals surface area contributed by atoms with E-state index in [2.05, 4.69) is 46.4 Å². The van der Waals surface area contributed by atoms with Crippen LogP contribution in [0.5, 0.6) is 0 Å². The average Bonchev–Trinajstić information content (AvgIpc) is 3.78. The largest absolute Gasteiger partial charge is 0.381 e. The lowest BCUT2D eigenvalue weighted by atomic mass is 9.81. The van der Waals surface area contributed by atoms with Crippen molar-refractivity contribution in [3.05, 3.63) is 76.2 Å². The molecule has 0 unspecified atom stereocenters. The van der Waals surface area contributed by atoms with Crippen LogP contribution in [0, 0.1) is 26.2 Å². The second kappa shape index (κ2) is 12.4. The first kappa shape index (κ1) is 33.8. The van der Waals surface area contributed by atoms with E-state index in [1.54, 1.807) is 12.1 Å². The molecule has 12 heteroatoms. The number of aryl methyl sites for hydroxylation is 4. The molecule has 2 aliphatic heterocycles. The van der Waals surface area contributed by atoms with Gasteiger partial charge in [0.25, 0.3) is 10.0 Å². The summed E-state index contributed by atoms with van der Waals surface area (Å²) in [6.07, 6.45) is 4.26. The molecule has 5 heterocycles. The lowest BCUT2D eigenvalue weighted by Crippen LogP contribution is -2.50. The van der Waals surface area contributed by atoms with E-state index in [0.29, 0.717) is 29.5 Å². The molecule has 2 aromatic carbocycles. The van der Waals surface area contributed by atoms with Crippen LogP contribution in [0.4, 0.5) is 11.6 Å². The van der Waals surface area contributed by atoms with Gasteiger partial charge >= 0.3 is 0 Å². The summed E-state index contributed by atoms with van der Waals surface area (Å²) in [5.41, 5.74) is 7.23. The maximum Gasteiger partial charge on any atom is 0.283 e. The zero-order valence-corrected chi connectivity index (χ0v) is 31.6. The zero-order valence-electron chi connectivity index (χ0n) is 30.8. The van der Waals surface area contributed by atoms with Gasteiger partial charge in [0.05, 0.1) is 33.6 Å². The zero-order chi connectivity index (χ0) is 35.8. The molecule has 1 atom stereocenters. The van der Waals surface area contributed by atoms with Gasteiger partial charge < -0.3 is 14.5 Å². The van der Waals surface area contributed by atoms with Crippen LogP contribution in [0.1, 0.15) is 79.7 Å². The van der Waals surface area contributed by atoms with Crippen LogP contribution in [0.25, 0.3) is 22.3 Å². The topological polar surface area (TPSA) is 111 Å². The molecule has 1 saturated carbocycles. The van der Waals surface area contributed by atoms with Crippen molar-refractivity contribution in [2.24, 2.45) is 5.41 Å². The molecule has 1 aliphatic carbocycles. The van der Waals surface area contributed by atoms with E-state index in [-0.39, 0.29) is 16.4 Å². The summed E-state index contributed by atoms with van der Waals surface area (Å²) >= 11 is 0. The van der Waals surface area contributed by atoms with Crippen LogP contribution >= 0.6 is 0 Å². The van der Waals surface area contributed by atoms with Gasteiger partial charge in [0, 0.05) is 80.2 Å². The first-order valence-electron chi connectivity index (χ1n) is 18.2. The van der Waals surface area contributed by atoms with Crippen LogP contribution in [-0.4, -0.2) is 70.2 Å². The van der Waals surface area contributed by atoms with Crippen LogP contribution in [0.2, 0.25) is 0 Å².